The molecule has 10 nitrogen and oxygen atoms in total. The minimum Gasteiger partial charge on any atom is -0.465 e. The Kier molecular flexibility index (Phi) is 5.67. The number of ether oxygens (including phenoxy) is 2. The van der Waals surface area contributed by atoms with Crippen LogP contribution in [-0.4, -0.2) is 38.9 Å². The van der Waals surface area contributed by atoms with Crippen molar-refractivity contribution in [1.82, 2.24) is 9.55 Å². The van der Waals surface area contributed by atoms with Crippen molar-refractivity contribution >= 4 is 14.1 Å². The Balaban J connectivity index is 2.39. The maximum absolute atomic E-state index is 12.0. The van der Waals surface area contributed by atoms with E-state index >= 15 is 0 Å². The lowest BCUT2D eigenvalue weighted by atomic mass is 10.2. The van der Waals surface area contributed by atoms with Crippen molar-refractivity contribution in [3.05, 3.63) is 34.3 Å². The van der Waals surface area contributed by atoms with E-state index in [2.05, 4.69) is 4.98 Å². The molecule has 11 heteroatoms. The van der Waals surface area contributed by atoms with Gasteiger partial charge in [-0.2, -0.15) is 4.98 Å². The zero-order valence-electron chi connectivity index (χ0n) is 12.3. The molecule has 0 fully saturated rings. The van der Waals surface area contributed by atoms with Crippen LogP contribution in [0.4, 0.5) is 5.82 Å². The van der Waals surface area contributed by atoms with E-state index in [1.165, 1.54) is 12.3 Å². The number of hydrogen-bond donors (Lipinski definition) is 3. The van der Waals surface area contributed by atoms with Gasteiger partial charge in [0.05, 0.1) is 0 Å². The molecule has 0 aliphatic carbocycles. The van der Waals surface area contributed by atoms with Crippen molar-refractivity contribution in [3.63, 3.8) is 0 Å². The quantitative estimate of drug-likeness (QED) is 0.581. The van der Waals surface area contributed by atoms with Crippen LogP contribution < -0.4 is 11.4 Å². The predicted octanol–water partition coefficient (Wildman–Crippen LogP) is 0.0197. The summed E-state index contributed by atoms with van der Waals surface area (Å²) in [5, 5.41) is 9.35. The predicted molar refractivity (Wildman–Crippen MR) is 78.1 cm³/mol. The highest BCUT2D eigenvalue weighted by Crippen LogP contribution is 2.39. The average Bonchev–Trinajstić information content (AvgIpc) is 2.82. The SMILES string of the molecule is CCCOC1C(O[P+](=O)O)=C(CO)O[C@H]1n1ccc(N)nc1=O. The summed E-state index contributed by atoms with van der Waals surface area (Å²) >= 11 is 0. The first-order chi connectivity index (χ1) is 11.0. The summed E-state index contributed by atoms with van der Waals surface area (Å²) in [6.45, 7) is 1.57. The molecule has 4 N–H and O–H groups in total. The molecule has 2 rings (SSSR count). The largest absolute Gasteiger partial charge is 0.747 e. The molecule has 0 radical (unpaired) electrons. The third kappa shape index (κ3) is 3.85. The van der Waals surface area contributed by atoms with E-state index in [-0.39, 0.29) is 23.9 Å². The van der Waals surface area contributed by atoms with E-state index in [1.54, 1.807) is 0 Å². The molecule has 1 aromatic heterocycles. The average molecular weight is 346 g/mol. The van der Waals surface area contributed by atoms with Crippen LogP contribution in [0.5, 0.6) is 0 Å². The van der Waals surface area contributed by atoms with E-state index < -0.39 is 32.9 Å². The third-order valence-electron chi connectivity index (χ3n) is 3.00. The Bertz CT molecular complexity index is 675. The molecule has 2 unspecified atom stereocenters. The Morgan fingerprint density at radius 1 is 1.57 bits per heavy atom. The number of nitrogens with zero attached hydrogens (tertiary/aromatic N) is 2. The molecule has 0 aromatic carbocycles. The molecular formula is C12H17N3O7P+. The number of nitrogens with two attached hydrogens (primary N) is 1. The number of anilines is 1. The molecule has 0 spiro atoms. The van der Waals surface area contributed by atoms with Gasteiger partial charge in [0.2, 0.25) is 12.0 Å². The number of hydrogen-bond acceptors (Lipinski definition) is 8. The molecule has 1 aliphatic rings. The molecule has 23 heavy (non-hydrogen) atoms. The second-order valence-electron chi connectivity index (χ2n) is 4.62. The molecule has 1 aliphatic heterocycles. The normalized spacial score (nSPS) is 21.3. The number of aliphatic hydroxyl groups is 1. The first-order valence-electron chi connectivity index (χ1n) is 6.78. The highest BCUT2D eigenvalue weighted by Gasteiger charge is 2.45. The zero-order chi connectivity index (χ0) is 17.0. The summed E-state index contributed by atoms with van der Waals surface area (Å²) in [6.07, 6.45) is 0.000173. The van der Waals surface area contributed by atoms with E-state index in [9.17, 15) is 14.5 Å². The van der Waals surface area contributed by atoms with Crippen molar-refractivity contribution in [1.29, 1.82) is 0 Å². The van der Waals surface area contributed by atoms with Gasteiger partial charge in [-0.1, -0.05) is 6.92 Å². The minimum atomic E-state index is -2.99. The molecule has 0 amide bonds. The molecule has 126 valence electrons. The maximum Gasteiger partial charge on any atom is 0.747 e. The van der Waals surface area contributed by atoms with Crippen molar-refractivity contribution in [2.24, 2.45) is 0 Å². The molecule has 0 saturated heterocycles. The highest BCUT2D eigenvalue weighted by molar-refractivity contribution is 7.32. The van der Waals surface area contributed by atoms with Crippen LogP contribution >= 0.6 is 8.25 Å². The van der Waals surface area contributed by atoms with Gasteiger partial charge in [-0.05, 0) is 12.5 Å². The fourth-order valence-corrected chi connectivity index (χ4v) is 2.45. The van der Waals surface area contributed by atoms with Gasteiger partial charge in [-0.3, -0.25) is 4.57 Å². The van der Waals surface area contributed by atoms with Gasteiger partial charge in [0.1, 0.15) is 12.4 Å². The summed E-state index contributed by atoms with van der Waals surface area (Å²) in [6, 6.07) is 1.39. The van der Waals surface area contributed by atoms with Crippen LogP contribution in [0.1, 0.15) is 19.6 Å². The van der Waals surface area contributed by atoms with Crippen molar-refractivity contribution < 1.29 is 28.6 Å². The van der Waals surface area contributed by atoms with Crippen LogP contribution in [0.25, 0.3) is 0 Å². The Morgan fingerprint density at radius 2 is 2.30 bits per heavy atom. The van der Waals surface area contributed by atoms with Gasteiger partial charge in [0, 0.05) is 17.4 Å². The van der Waals surface area contributed by atoms with Crippen LogP contribution in [0.2, 0.25) is 0 Å². The summed E-state index contributed by atoms with van der Waals surface area (Å²) in [4.78, 5) is 24.5. The summed E-state index contributed by atoms with van der Waals surface area (Å²) in [7, 11) is -2.99. The Hall–Kier alpha value is -2.00. The van der Waals surface area contributed by atoms with Gasteiger partial charge >= 0.3 is 13.9 Å². The van der Waals surface area contributed by atoms with E-state index in [1.807, 2.05) is 6.92 Å². The zero-order valence-corrected chi connectivity index (χ0v) is 13.2. The van der Waals surface area contributed by atoms with E-state index in [4.69, 9.17) is 24.6 Å². The lowest BCUT2D eigenvalue weighted by Gasteiger charge is -2.21. The van der Waals surface area contributed by atoms with Crippen molar-refractivity contribution in [2.75, 3.05) is 18.9 Å². The topological polar surface area (TPSA) is 146 Å². The fraction of sp³-hybridized carbons (Fsp3) is 0.500. The lowest BCUT2D eigenvalue weighted by molar-refractivity contribution is -0.0545. The van der Waals surface area contributed by atoms with Gasteiger partial charge in [0.15, 0.2) is 11.9 Å². The first-order valence-corrected chi connectivity index (χ1v) is 7.91. The highest BCUT2D eigenvalue weighted by atomic mass is 31.1. The molecular weight excluding hydrogens is 329 g/mol. The molecule has 3 atom stereocenters. The molecule has 0 saturated carbocycles. The second kappa shape index (κ2) is 7.51. The third-order valence-corrected chi connectivity index (χ3v) is 3.36. The maximum atomic E-state index is 12.0. The minimum absolute atomic E-state index is 0.0422. The summed E-state index contributed by atoms with van der Waals surface area (Å²) < 4.78 is 27.9. The number of aliphatic hydroxyl groups excluding tert-OH is 1. The van der Waals surface area contributed by atoms with Gasteiger partial charge in [-0.15, -0.1) is 4.89 Å². The summed E-state index contributed by atoms with van der Waals surface area (Å²) in [5.74, 6) is -0.170. The van der Waals surface area contributed by atoms with Gasteiger partial charge in [-0.25, -0.2) is 9.32 Å². The van der Waals surface area contributed by atoms with Crippen LogP contribution in [0.3, 0.4) is 0 Å². The molecule has 1 aromatic rings. The van der Waals surface area contributed by atoms with Crippen molar-refractivity contribution in [3.8, 4) is 0 Å². The lowest BCUT2D eigenvalue weighted by Crippen LogP contribution is -2.34. The molecule has 2 heterocycles. The van der Waals surface area contributed by atoms with Crippen LogP contribution in [-0.2, 0) is 18.6 Å². The first kappa shape index (κ1) is 17.4. The monoisotopic (exact) mass is 346 g/mol. The van der Waals surface area contributed by atoms with Gasteiger partial charge < -0.3 is 20.3 Å². The van der Waals surface area contributed by atoms with E-state index in [0.29, 0.717) is 6.42 Å². The van der Waals surface area contributed by atoms with Crippen LogP contribution in [0.15, 0.2) is 28.6 Å². The van der Waals surface area contributed by atoms with E-state index in [0.717, 1.165) is 4.57 Å². The Labute approximate surface area is 132 Å². The summed E-state index contributed by atoms with van der Waals surface area (Å²) in [5.41, 5.74) is 4.76. The van der Waals surface area contributed by atoms with Crippen molar-refractivity contribution in [2.45, 2.75) is 25.7 Å². The standard InChI is InChI=1S/C12H16N3O7P/c1-2-5-20-10-9(22-23(18)19)7(6-16)21-11(10)15-4-3-8(13)14-12(15)17/h3-4,10-11,16H,2,5-6H2,1H3,(H2-,13,14,17,18,19)/p+1/t10?,11-/m1/s1. The fourth-order valence-electron chi connectivity index (χ4n) is 2.08. The number of aromatic nitrogens is 2. The Morgan fingerprint density at radius 3 is 2.87 bits per heavy atom. The number of nitrogen functional groups attached to an aromatic ring is 1. The second-order valence-corrected chi connectivity index (χ2v) is 5.27. The van der Waals surface area contributed by atoms with Crippen LogP contribution in [0, 0.1) is 0 Å². The molecule has 0 bridgehead atoms. The smallest absolute Gasteiger partial charge is 0.465 e. The van der Waals surface area contributed by atoms with Gasteiger partial charge in [0.25, 0.3) is 0 Å². The number of rotatable bonds is 7.